The van der Waals surface area contributed by atoms with Crippen molar-refractivity contribution >= 4 is 34.9 Å². The van der Waals surface area contributed by atoms with E-state index in [0.717, 1.165) is 23.2 Å². The van der Waals surface area contributed by atoms with Crippen molar-refractivity contribution < 1.29 is 9.90 Å². The Kier molecular flexibility index (Phi) is 3.78. The van der Waals surface area contributed by atoms with Gasteiger partial charge in [-0.1, -0.05) is 47.5 Å². The summed E-state index contributed by atoms with van der Waals surface area (Å²) in [5.74, 6) is -0.462. The summed E-state index contributed by atoms with van der Waals surface area (Å²) in [7, 11) is 0. The van der Waals surface area contributed by atoms with Crippen molar-refractivity contribution in [2.75, 3.05) is 5.32 Å². The second kappa shape index (κ2) is 5.83. The minimum absolute atomic E-state index is 0.114. The van der Waals surface area contributed by atoms with Gasteiger partial charge in [0, 0.05) is 10.9 Å². The van der Waals surface area contributed by atoms with Gasteiger partial charge in [-0.05, 0) is 47.7 Å². The molecule has 0 spiro atoms. The van der Waals surface area contributed by atoms with E-state index in [2.05, 4.69) is 17.5 Å². The molecule has 3 nitrogen and oxygen atoms in total. The van der Waals surface area contributed by atoms with Crippen LogP contribution in [0.3, 0.4) is 0 Å². The van der Waals surface area contributed by atoms with Crippen molar-refractivity contribution in [1.29, 1.82) is 0 Å². The molecule has 1 aliphatic carbocycles. The lowest BCUT2D eigenvalue weighted by molar-refractivity contribution is 0.0696. The van der Waals surface area contributed by atoms with Crippen molar-refractivity contribution in [1.82, 2.24) is 0 Å². The average Bonchev–Trinajstić information content (AvgIpc) is 3.05. The highest BCUT2D eigenvalue weighted by atomic mass is 35.5. The summed E-state index contributed by atoms with van der Waals surface area (Å²) in [6.45, 7) is 0. The van der Waals surface area contributed by atoms with Gasteiger partial charge in [0.15, 0.2) is 0 Å². The van der Waals surface area contributed by atoms with E-state index in [0.29, 0.717) is 16.0 Å². The van der Waals surface area contributed by atoms with Gasteiger partial charge in [0.25, 0.3) is 0 Å². The zero-order chi connectivity index (χ0) is 16.8. The highest BCUT2D eigenvalue weighted by Crippen LogP contribution is 2.51. The molecule has 0 fully saturated rings. The van der Waals surface area contributed by atoms with Crippen molar-refractivity contribution in [2.45, 2.75) is 18.4 Å². The highest BCUT2D eigenvalue weighted by molar-refractivity contribution is 6.34. The van der Waals surface area contributed by atoms with Crippen molar-refractivity contribution in [3.63, 3.8) is 0 Å². The van der Waals surface area contributed by atoms with Crippen LogP contribution >= 0.6 is 23.2 Å². The van der Waals surface area contributed by atoms with Gasteiger partial charge < -0.3 is 10.4 Å². The number of carboxylic acid groups (broad SMARTS) is 1. The summed E-state index contributed by atoms with van der Waals surface area (Å²) >= 11 is 12.4. The fourth-order valence-corrected chi connectivity index (χ4v) is 4.19. The molecule has 2 aromatic rings. The van der Waals surface area contributed by atoms with Gasteiger partial charge in [0.1, 0.15) is 0 Å². The molecule has 0 saturated carbocycles. The van der Waals surface area contributed by atoms with Gasteiger partial charge in [0.05, 0.1) is 22.3 Å². The third-order valence-corrected chi connectivity index (χ3v) is 5.45. The van der Waals surface area contributed by atoms with Crippen LogP contribution in [0.1, 0.15) is 39.9 Å². The van der Waals surface area contributed by atoms with Crippen LogP contribution in [0, 0.1) is 5.92 Å². The molecule has 122 valence electrons. The first-order chi connectivity index (χ1) is 11.5. The molecule has 2 aromatic carbocycles. The Labute approximate surface area is 149 Å². The molecule has 0 aromatic heterocycles. The minimum Gasteiger partial charge on any atom is -0.478 e. The van der Waals surface area contributed by atoms with Crippen LogP contribution in [0.15, 0.2) is 48.6 Å². The number of rotatable bonds is 2. The van der Waals surface area contributed by atoms with Crippen LogP contribution in [-0.2, 0) is 0 Å². The predicted molar refractivity (Wildman–Crippen MR) is 96.2 cm³/mol. The number of hydrogen-bond acceptors (Lipinski definition) is 2. The maximum atomic E-state index is 11.3. The largest absolute Gasteiger partial charge is 0.478 e. The third-order valence-electron chi connectivity index (χ3n) is 4.90. The molecule has 2 N–H and O–H groups in total. The molecular formula is C19H15Cl2NO2. The Hall–Kier alpha value is -1.97. The molecule has 0 radical (unpaired) electrons. The molecule has 1 aliphatic heterocycles. The van der Waals surface area contributed by atoms with E-state index in [9.17, 15) is 9.90 Å². The van der Waals surface area contributed by atoms with Crippen molar-refractivity contribution in [2.24, 2.45) is 5.92 Å². The Balaban J connectivity index is 1.82. The van der Waals surface area contributed by atoms with Crippen LogP contribution in [0.4, 0.5) is 5.69 Å². The summed E-state index contributed by atoms with van der Waals surface area (Å²) < 4.78 is 0. The fourth-order valence-electron chi connectivity index (χ4n) is 3.78. The number of hydrogen-bond donors (Lipinski definition) is 2. The topological polar surface area (TPSA) is 49.3 Å². The average molecular weight is 360 g/mol. The number of halogens is 2. The number of carboxylic acids is 1. The van der Waals surface area contributed by atoms with Crippen LogP contribution in [0.2, 0.25) is 10.0 Å². The number of benzene rings is 2. The maximum Gasteiger partial charge on any atom is 0.335 e. The summed E-state index contributed by atoms with van der Waals surface area (Å²) in [5, 5.41) is 14.0. The molecule has 24 heavy (non-hydrogen) atoms. The Bertz CT molecular complexity index is 845. The van der Waals surface area contributed by atoms with Crippen LogP contribution in [-0.4, -0.2) is 11.1 Å². The number of carbonyl (C=O) groups is 1. The zero-order valence-corrected chi connectivity index (χ0v) is 14.2. The van der Waals surface area contributed by atoms with Gasteiger partial charge in [-0.3, -0.25) is 0 Å². The Morgan fingerprint density at radius 3 is 2.62 bits per heavy atom. The first kappa shape index (κ1) is 15.6. The van der Waals surface area contributed by atoms with E-state index in [-0.39, 0.29) is 17.5 Å². The maximum absolute atomic E-state index is 11.3. The minimum atomic E-state index is -0.960. The highest BCUT2D eigenvalue weighted by Gasteiger charge is 2.39. The van der Waals surface area contributed by atoms with Crippen LogP contribution in [0.5, 0.6) is 0 Å². The van der Waals surface area contributed by atoms with E-state index in [1.165, 1.54) is 6.07 Å². The zero-order valence-electron chi connectivity index (χ0n) is 12.7. The Morgan fingerprint density at radius 1 is 1.17 bits per heavy atom. The third kappa shape index (κ3) is 2.48. The van der Waals surface area contributed by atoms with Gasteiger partial charge in [-0.15, -0.1) is 0 Å². The van der Waals surface area contributed by atoms with E-state index >= 15 is 0 Å². The molecule has 1 heterocycles. The van der Waals surface area contributed by atoms with Crippen LogP contribution < -0.4 is 5.32 Å². The molecule has 4 rings (SSSR count). The number of nitrogens with one attached hydrogen (secondary N) is 1. The van der Waals surface area contributed by atoms with Gasteiger partial charge in [-0.25, -0.2) is 4.79 Å². The monoisotopic (exact) mass is 359 g/mol. The molecular weight excluding hydrogens is 345 g/mol. The normalized spacial score (nSPS) is 24.2. The number of anilines is 1. The first-order valence-electron chi connectivity index (χ1n) is 7.80. The van der Waals surface area contributed by atoms with Gasteiger partial charge in [0.2, 0.25) is 0 Å². The molecule has 3 atom stereocenters. The molecule has 0 amide bonds. The molecule has 0 bridgehead atoms. The van der Waals surface area contributed by atoms with E-state index in [1.807, 2.05) is 24.3 Å². The molecule has 0 saturated heterocycles. The summed E-state index contributed by atoms with van der Waals surface area (Å²) in [6, 6.07) is 11.2. The SMILES string of the molecule is O=C(O)c1cc(Cl)c2c(c1)[C@H]1C=CC[C@H]1[C@@H](c1ccc(Cl)cc1)N2. The van der Waals surface area contributed by atoms with Crippen LogP contribution in [0.25, 0.3) is 0 Å². The fraction of sp³-hybridized carbons (Fsp3) is 0.211. The predicted octanol–water partition coefficient (Wildman–Crippen LogP) is 5.52. The van der Waals surface area contributed by atoms with E-state index < -0.39 is 5.97 Å². The number of allylic oxidation sites excluding steroid dienone is 2. The summed E-state index contributed by atoms with van der Waals surface area (Å²) in [6.07, 6.45) is 5.27. The summed E-state index contributed by atoms with van der Waals surface area (Å²) in [4.78, 5) is 11.3. The lowest BCUT2D eigenvalue weighted by Gasteiger charge is -2.38. The van der Waals surface area contributed by atoms with Gasteiger partial charge in [-0.2, -0.15) is 0 Å². The lowest BCUT2D eigenvalue weighted by atomic mass is 9.76. The number of fused-ring (bicyclic) bond motifs is 3. The number of aromatic carboxylic acids is 1. The van der Waals surface area contributed by atoms with Crippen molar-refractivity contribution in [3.05, 3.63) is 75.3 Å². The standard InChI is InChI=1S/C19H15Cl2NO2/c20-12-6-4-10(5-7-12)17-14-3-1-2-13(14)15-8-11(19(23)24)9-16(21)18(15)22-17/h1-2,4-9,13-14,17,22H,3H2,(H,23,24)/t13-,14+,17+/m0/s1. The van der Waals surface area contributed by atoms with Gasteiger partial charge >= 0.3 is 5.97 Å². The first-order valence-corrected chi connectivity index (χ1v) is 8.55. The van der Waals surface area contributed by atoms with E-state index in [1.54, 1.807) is 6.07 Å². The lowest BCUT2D eigenvalue weighted by Crippen LogP contribution is -2.29. The molecule has 2 aliphatic rings. The van der Waals surface area contributed by atoms with E-state index in [4.69, 9.17) is 23.2 Å². The second-order valence-electron chi connectivity index (χ2n) is 6.25. The molecule has 5 heteroatoms. The smallest absolute Gasteiger partial charge is 0.335 e. The Morgan fingerprint density at radius 2 is 1.92 bits per heavy atom. The summed E-state index contributed by atoms with van der Waals surface area (Å²) in [5.41, 5.74) is 3.17. The quantitative estimate of drug-likeness (QED) is 0.694. The molecule has 0 unspecified atom stereocenters. The van der Waals surface area contributed by atoms with Crippen molar-refractivity contribution in [3.8, 4) is 0 Å². The second-order valence-corrected chi connectivity index (χ2v) is 7.10.